The number of rotatable bonds is 7. The van der Waals surface area contributed by atoms with Crippen molar-refractivity contribution in [1.82, 2.24) is 9.62 Å². The van der Waals surface area contributed by atoms with Gasteiger partial charge >= 0.3 is 0 Å². The lowest BCUT2D eigenvalue weighted by Crippen LogP contribution is -2.44. The molecule has 3 rings (SSSR count). The lowest BCUT2D eigenvalue weighted by atomic mass is 10.1. The summed E-state index contributed by atoms with van der Waals surface area (Å²) in [6, 6.07) is 6.40. The number of carbonyl (C=O) groups excluding carboxylic acids is 1. The van der Waals surface area contributed by atoms with Gasteiger partial charge in [-0.1, -0.05) is 12.1 Å². The Balaban J connectivity index is 1.53. The van der Waals surface area contributed by atoms with E-state index in [1.807, 2.05) is 0 Å². The van der Waals surface area contributed by atoms with E-state index in [9.17, 15) is 18.3 Å². The Hall–Kier alpha value is -1.48. The summed E-state index contributed by atoms with van der Waals surface area (Å²) in [4.78, 5) is 14.0. The molecule has 1 saturated heterocycles. The predicted molar refractivity (Wildman–Crippen MR) is 91.5 cm³/mol. The van der Waals surface area contributed by atoms with Crippen molar-refractivity contribution < 1.29 is 23.1 Å². The molecule has 1 amide bonds. The van der Waals surface area contributed by atoms with Crippen molar-refractivity contribution in [3.8, 4) is 0 Å². The molecule has 1 aliphatic carbocycles. The first-order valence-electron chi connectivity index (χ1n) is 8.49. The summed E-state index contributed by atoms with van der Waals surface area (Å²) in [5.41, 5.74) is 0.898. The van der Waals surface area contributed by atoms with Crippen molar-refractivity contribution in [2.75, 3.05) is 20.3 Å². The molecular formula is C17H24N2O5S. The molecule has 0 unspecified atom stereocenters. The Morgan fingerprint density at radius 3 is 2.52 bits per heavy atom. The second-order valence-corrected chi connectivity index (χ2v) is 8.43. The maximum absolute atomic E-state index is 12.3. The van der Waals surface area contributed by atoms with E-state index in [1.165, 1.54) is 4.90 Å². The van der Waals surface area contributed by atoms with Crippen molar-refractivity contribution >= 4 is 15.9 Å². The van der Waals surface area contributed by atoms with Gasteiger partial charge in [-0.2, -0.15) is 0 Å². The maximum Gasteiger partial charge on any atom is 0.240 e. The second-order valence-electron chi connectivity index (χ2n) is 6.72. The Labute approximate surface area is 148 Å². The molecular weight excluding hydrogens is 344 g/mol. The predicted octanol–water partition coefficient (Wildman–Crippen LogP) is 0.278. The van der Waals surface area contributed by atoms with Gasteiger partial charge in [-0.25, -0.2) is 13.1 Å². The van der Waals surface area contributed by atoms with Crippen LogP contribution in [0.1, 0.15) is 24.8 Å². The minimum Gasteiger partial charge on any atom is -0.388 e. The molecule has 0 spiro atoms. The summed E-state index contributed by atoms with van der Waals surface area (Å²) in [6.45, 7) is 0.608. The van der Waals surface area contributed by atoms with E-state index in [1.54, 1.807) is 31.3 Å². The third-order valence-corrected chi connectivity index (χ3v) is 6.21. The van der Waals surface area contributed by atoms with Gasteiger partial charge in [0.1, 0.15) is 0 Å². The smallest absolute Gasteiger partial charge is 0.240 e. The molecule has 0 bridgehead atoms. The Kier molecular flexibility index (Phi) is 5.43. The van der Waals surface area contributed by atoms with Crippen molar-refractivity contribution in [2.24, 2.45) is 0 Å². The highest BCUT2D eigenvalue weighted by Gasteiger charge is 2.32. The standard InChI is InChI=1S/C17H24N2O5S/c1-19(15-10-24-11-16(15)20)17(21)9-4-12-2-7-14(8-3-12)25(22,23)18-13-5-6-13/h2-3,7-8,13,15-16,18,20H,4-6,9-11H2,1H3/t15-,16-/m1/s1. The SMILES string of the molecule is CN(C(=O)CCc1ccc(S(=O)(=O)NC2CC2)cc1)[C@@H]1COC[C@H]1O. The summed E-state index contributed by atoms with van der Waals surface area (Å²) >= 11 is 0. The van der Waals surface area contributed by atoms with Crippen LogP contribution in [0.25, 0.3) is 0 Å². The number of aliphatic hydroxyl groups is 1. The Morgan fingerprint density at radius 2 is 1.96 bits per heavy atom. The van der Waals surface area contributed by atoms with Crippen molar-refractivity contribution in [1.29, 1.82) is 0 Å². The molecule has 25 heavy (non-hydrogen) atoms. The van der Waals surface area contributed by atoms with Gasteiger partial charge < -0.3 is 14.7 Å². The number of nitrogens with zero attached hydrogens (tertiary/aromatic N) is 1. The van der Waals surface area contributed by atoms with Crippen LogP contribution in [0.15, 0.2) is 29.2 Å². The summed E-state index contributed by atoms with van der Waals surface area (Å²) in [5.74, 6) is -0.0679. The number of sulfonamides is 1. The molecule has 138 valence electrons. The van der Waals surface area contributed by atoms with Crippen LogP contribution in [0.2, 0.25) is 0 Å². The van der Waals surface area contributed by atoms with Crippen LogP contribution in [0.4, 0.5) is 0 Å². The molecule has 2 aliphatic rings. The largest absolute Gasteiger partial charge is 0.388 e. The van der Waals surface area contributed by atoms with Gasteiger partial charge in [-0.05, 0) is 37.0 Å². The van der Waals surface area contributed by atoms with Crippen LogP contribution in [0.3, 0.4) is 0 Å². The van der Waals surface area contributed by atoms with Crippen LogP contribution in [0, 0.1) is 0 Å². The zero-order valence-electron chi connectivity index (χ0n) is 14.2. The van der Waals surface area contributed by atoms with Crippen molar-refractivity contribution in [2.45, 2.75) is 48.8 Å². The average Bonchev–Trinajstić information content (AvgIpc) is 3.29. The van der Waals surface area contributed by atoms with E-state index >= 15 is 0 Å². The van der Waals surface area contributed by atoms with E-state index in [2.05, 4.69) is 4.72 Å². The number of hydrogen-bond acceptors (Lipinski definition) is 5. The van der Waals surface area contributed by atoms with Gasteiger partial charge in [0.2, 0.25) is 15.9 Å². The number of ether oxygens (including phenoxy) is 1. The third-order valence-electron chi connectivity index (χ3n) is 4.67. The number of aliphatic hydroxyl groups excluding tert-OH is 1. The molecule has 2 N–H and O–H groups in total. The van der Waals surface area contributed by atoms with Gasteiger partial charge in [-0.15, -0.1) is 0 Å². The zero-order valence-corrected chi connectivity index (χ0v) is 15.0. The molecule has 1 aromatic carbocycles. The van der Waals surface area contributed by atoms with Crippen LogP contribution < -0.4 is 4.72 Å². The van der Waals surface area contributed by atoms with Crippen molar-refractivity contribution in [3.05, 3.63) is 29.8 Å². The highest BCUT2D eigenvalue weighted by atomic mass is 32.2. The first kappa shape index (κ1) is 18.3. The van der Waals surface area contributed by atoms with Crippen LogP contribution in [0.5, 0.6) is 0 Å². The highest BCUT2D eigenvalue weighted by molar-refractivity contribution is 7.89. The minimum absolute atomic E-state index is 0.0679. The molecule has 7 nitrogen and oxygen atoms in total. The molecule has 1 saturated carbocycles. The molecule has 2 fully saturated rings. The number of hydrogen-bond donors (Lipinski definition) is 2. The van der Waals surface area contributed by atoms with Gasteiger partial charge in [0.05, 0.1) is 30.3 Å². The highest BCUT2D eigenvalue weighted by Crippen LogP contribution is 2.22. The van der Waals surface area contributed by atoms with Crippen LogP contribution >= 0.6 is 0 Å². The monoisotopic (exact) mass is 368 g/mol. The van der Waals surface area contributed by atoms with Crippen LogP contribution in [-0.2, 0) is 26.0 Å². The molecule has 2 atom stereocenters. The first-order valence-corrected chi connectivity index (χ1v) is 9.98. The number of nitrogens with one attached hydrogen (secondary N) is 1. The molecule has 1 aromatic rings. The van der Waals surface area contributed by atoms with Gasteiger partial charge in [0.15, 0.2) is 0 Å². The van der Waals surface area contributed by atoms with E-state index in [-0.39, 0.29) is 29.5 Å². The van der Waals surface area contributed by atoms with E-state index in [4.69, 9.17) is 4.74 Å². The Bertz CT molecular complexity index is 715. The number of likely N-dealkylation sites (N-methyl/N-ethyl adjacent to an activating group) is 1. The topological polar surface area (TPSA) is 95.9 Å². The summed E-state index contributed by atoms with van der Waals surface area (Å²) < 4.78 is 32.1. The maximum atomic E-state index is 12.3. The quantitative estimate of drug-likeness (QED) is 0.721. The molecule has 8 heteroatoms. The second kappa shape index (κ2) is 7.41. The summed E-state index contributed by atoms with van der Waals surface area (Å²) in [7, 11) is -1.77. The molecule has 1 heterocycles. The number of benzene rings is 1. The van der Waals surface area contributed by atoms with Crippen molar-refractivity contribution in [3.63, 3.8) is 0 Å². The fourth-order valence-electron chi connectivity index (χ4n) is 2.84. The average molecular weight is 368 g/mol. The zero-order chi connectivity index (χ0) is 18.0. The molecule has 0 aromatic heterocycles. The van der Waals surface area contributed by atoms with Crippen LogP contribution in [-0.4, -0.2) is 62.8 Å². The van der Waals surface area contributed by atoms with E-state index < -0.39 is 16.1 Å². The van der Waals surface area contributed by atoms with Gasteiger partial charge in [0, 0.05) is 19.5 Å². The lowest BCUT2D eigenvalue weighted by Gasteiger charge is -2.25. The fourth-order valence-corrected chi connectivity index (χ4v) is 4.14. The minimum atomic E-state index is -3.44. The molecule has 0 radical (unpaired) electrons. The van der Waals surface area contributed by atoms with E-state index in [0.29, 0.717) is 19.4 Å². The lowest BCUT2D eigenvalue weighted by molar-refractivity contribution is -0.133. The fraction of sp³-hybridized carbons (Fsp3) is 0.588. The summed E-state index contributed by atoms with van der Waals surface area (Å²) in [5, 5.41) is 9.79. The third kappa shape index (κ3) is 4.58. The van der Waals surface area contributed by atoms with Gasteiger partial charge in [-0.3, -0.25) is 4.79 Å². The Morgan fingerprint density at radius 1 is 1.28 bits per heavy atom. The first-order chi connectivity index (χ1) is 11.9. The normalized spacial score (nSPS) is 23.6. The van der Waals surface area contributed by atoms with E-state index in [0.717, 1.165) is 18.4 Å². The summed E-state index contributed by atoms with van der Waals surface area (Å²) in [6.07, 6.45) is 1.97. The number of carbonyl (C=O) groups is 1. The number of aryl methyl sites for hydroxylation is 1. The molecule has 1 aliphatic heterocycles. The van der Waals surface area contributed by atoms with Gasteiger partial charge in [0.25, 0.3) is 0 Å². The number of amides is 1.